The Balaban J connectivity index is 2.29. The number of halogens is 1. The minimum absolute atomic E-state index is 0.205. The van der Waals surface area contributed by atoms with Gasteiger partial charge in [0.25, 0.3) is 0 Å². The van der Waals surface area contributed by atoms with Gasteiger partial charge in [0, 0.05) is 24.2 Å². The Morgan fingerprint density at radius 3 is 3.00 bits per heavy atom. The highest BCUT2D eigenvalue weighted by atomic mass is 35.5. The molecule has 16 heavy (non-hydrogen) atoms. The molecule has 1 aliphatic heterocycles. The summed E-state index contributed by atoms with van der Waals surface area (Å²) in [6.07, 6.45) is 2.14. The van der Waals surface area contributed by atoms with E-state index in [4.69, 9.17) is 22.6 Å². The molecule has 0 aromatic heterocycles. The molecule has 0 radical (unpaired) electrons. The van der Waals surface area contributed by atoms with Crippen LogP contribution in [0.5, 0.6) is 0 Å². The molecule has 3 nitrogen and oxygen atoms in total. The maximum atomic E-state index is 9.07. The van der Waals surface area contributed by atoms with Crippen molar-refractivity contribution in [2.24, 2.45) is 5.73 Å². The maximum Gasteiger partial charge on any atom is 0.101 e. The highest BCUT2D eigenvalue weighted by Gasteiger charge is 2.19. The molecule has 4 heteroatoms. The van der Waals surface area contributed by atoms with Crippen molar-refractivity contribution < 1.29 is 0 Å². The molecule has 0 bridgehead atoms. The lowest BCUT2D eigenvalue weighted by Crippen LogP contribution is -2.43. The fraction of sp³-hybridized carbons (Fsp3) is 0.417. The van der Waals surface area contributed by atoms with Crippen LogP contribution in [0.25, 0.3) is 0 Å². The number of benzene rings is 1. The molecular weight excluding hydrogens is 222 g/mol. The Hall–Kier alpha value is -1.24. The van der Waals surface area contributed by atoms with Gasteiger partial charge in [0.1, 0.15) is 6.07 Å². The monoisotopic (exact) mass is 235 g/mol. The molecule has 1 aromatic carbocycles. The Bertz CT molecular complexity index is 425. The highest BCUT2D eigenvalue weighted by Crippen LogP contribution is 2.26. The highest BCUT2D eigenvalue weighted by molar-refractivity contribution is 6.30. The largest absolute Gasteiger partial charge is 0.369 e. The molecule has 1 aliphatic rings. The Kier molecular flexibility index (Phi) is 3.33. The van der Waals surface area contributed by atoms with Gasteiger partial charge in [-0.25, -0.2) is 0 Å². The first kappa shape index (κ1) is 11.3. The van der Waals surface area contributed by atoms with E-state index in [0.29, 0.717) is 10.6 Å². The number of nitrogens with zero attached hydrogens (tertiary/aromatic N) is 2. The molecular formula is C12H14ClN3. The van der Waals surface area contributed by atoms with Gasteiger partial charge in [-0.3, -0.25) is 0 Å². The number of nitrogens with two attached hydrogens (primary N) is 1. The van der Waals surface area contributed by atoms with Gasteiger partial charge in [-0.2, -0.15) is 5.26 Å². The lowest BCUT2D eigenvalue weighted by atomic mass is 10.0. The molecule has 1 atom stereocenters. The summed E-state index contributed by atoms with van der Waals surface area (Å²) in [5.74, 6) is 0. The van der Waals surface area contributed by atoms with Crippen molar-refractivity contribution in [3.63, 3.8) is 0 Å². The minimum Gasteiger partial charge on any atom is -0.369 e. The Morgan fingerprint density at radius 1 is 1.50 bits per heavy atom. The second kappa shape index (κ2) is 4.73. The molecule has 0 unspecified atom stereocenters. The van der Waals surface area contributed by atoms with E-state index < -0.39 is 0 Å². The number of anilines is 1. The lowest BCUT2D eigenvalue weighted by Gasteiger charge is -2.33. The van der Waals surface area contributed by atoms with Crippen LogP contribution in [0.4, 0.5) is 5.69 Å². The van der Waals surface area contributed by atoms with Gasteiger partial charge in [-0.1, -0.05) is 11.6 Å². The molecule has 2 N–H and O–H groups in total. The summed E-state index contributed by atoms with van der Waals surface area (Å²) in [7, 11) is 0. The fourth-order valence-electron chi connectivity index (χ4n) is 2.10. The predicted molar refractivity (Wildman–Crippen MR) is 65.6 cm³/mol. The third-order valence-electron chi connectivity index (χ3n) is 2.88. The number of hydrogen-bond donors (Lipinski definition) is 1. The van der Waals surface area contributed by atoms with Crippen LogP contribution in [0, 0.1) is 11.3 Å². The summed E-state index contributed by atoms with van der Waals surface area (Å²) in [5.41, 5.74) is 7.51. The van der Waals surface area contributed by atoms with E-state index in [1.165, 1.54) is 0 Å². The van der Waals surface area contributed by atoms with Crippen LogP contribution in [-0.2, 0) is 0 Å². The van der Waals surface area contributed by atoms with Crippen LogP contribution < -0.4 is 10.6 Å². The number of nitriles is 1. The third kappa shape index (κ3) is 2.29. The van der Waals surface area contributed by atoms with Crippen molar-refractivity contribution in [3.8, 4) is 6.07 Å². The van der Waals surface area contributed by atoms with Crippen molar-refractivity contribution >= 4 is 17.3 Å². The third-order valence-corrected chi connectivity index (χ3v) is 3.11. The molecule has 84 valence electrons. The van der Waals surface area contributed by atoms with E-state index >= 15 is 0 Å². The predicted octanol–water partition coefficient (Wildman–Crippen LogP) is 2.14. The van der Waals surface area contributed by atoms with Gasteiger partial charge < -0.3 is 10.6 Å². The zero-order valence-corrected chi connectivity index (χ0v) is 9.74. The van der Waals surface area contributed by atoms with E-state index in [-0.39, 0.29) is 6.04 Å². The van der Waals surface area contributed by atoms with E-state index in [0.717, 1.165) is 31.6 Å². The van der Waals surface area contributed by atoms with Crippen LogP contribution in [0.2, 0.25) is 5.02 Å². The van der Waals surface area contributed by atoms with Gasteiger partial charge in [0.05, 0.1) is 11.3 Å². The van der Waals surface area contributed by atoms with Crippen molar-refractivity contribution in [1.82, 2.24) is 0 Å². The van der Waals surface area contributed by atoms with Crippen molar-refractivity contribution in [2.75, 3.05) is 18.0 Å². The maximum absolute atomic E-state index is 9.07. The molecule has 2 rings (SSSR count). The molecule has 0 saturated carbocycles. The van der Waals surface area contributed by atoms with E-state index in [1.807, 2.05) is 12.1 Å². The summed E-state index contributed by atoms with van der Waals surface area (Å²) >= 11 is 5.87. The number of hydrogen-bond acceptors (Lipinski definition) is 3. The zero-order valence-electron chi connectivity index (χ0n) is 8.99. The quantitative estimate of drug-likeness (QED) is 0.812. The number of piperidine rings is 1. The van der Waals surface area contributed by atoms with E-state index in [2.05, 4.69) is 11.0 Å². The summed E-state index contributed by atoms with van der Waals surface area (Å²) in [4.78, 5) is 2.17. The van der Waals surface area contributed by atoms with Gasteiger partial charge >= 0.3 is 0 Å². The molecule has 1 saturated heterocycles. The second-order valence-corrected chi connectivity index (χ2v) is 4.56. The summed E-state index contributed by atoms with van der Waals surface area (Å²) in [6.45, 7) is 1.78. The first-order valence-electron chi connectivity index (χ1n) is 5.41. The first-order valence-corrected chi connectivity index (χ1v) is 5.78. The van der Waals surface area contributed by atoms with Crippen molar-refractivity contribution in [3.05, 3.63) is 28.8 Å². The van der Waals surface area contributed by atoms with Gasteiger partial charge in [-0.15, -0.1) is 0 Å². The summed E-state index contributed by atoms with van der Waals surface area (Å²) in [5, 5.41) is 9.67. The van der Waals surface area contributed by atoms with Crippen LogP contribution in [0.3, 0.4) is 0 Å². The number of rotatable bonds is 1. The molecule has 0 aliphatic carbocycles. The average Bonchev–Trinajstić information content (AvgIpc) is 2.28. The van der Waals surface area contributed by atoms with Crippen LogP contribution >= 0.6 is 11.6 Å². The molecule has 1 fully saturated rings. The van der Waals surface area contributed by atoms with Crippen molar-refractivity contribution in [2.45, 2.75) is 18.9 Å². The Labute approximate surface area is 100 Å². The topological polar surface area (TPSA) is 53.0 Å². The average molecular weight is 236 g/mol. The van der Waals surface area contributed by atoms with Crippen molar-refractivity contribution in [1.29, 1.82) is 5.26 Å². The van der Waals surface area contributed by atoms with Gasteiger partial charge in [0.15, 0.2) is 0 Å². The molecule has 0 spiro atoms. The van der Waals surface area contributed by atoms with Gasteiger partial charge in [-0.05, 0) is 31.0 Å². The Morgan fingerprint density at radius 2 is 2.31 bits per heavy atom. The summed E-state index contributed by atoms with van der Waals surface area (Å²) in [6, 6.07) is 7.81. The molecule has 1 aromatic rings. The first-order chi connectivity index (χ1) is 7.70. The lowest BCUT2D eigenvalue weighted by molar-refractivity contribution is 0.506. The van der Waals surface area contributed by atoms with E-state index in [9.17, 15) is 0 Å². The normalized spacial score (nSPS) is 20.6. The SMILES string of the molecule is N#Cc1cc(Cl)ccc1N1CCC[C@@H](N)C1. The molecule has 1 heterocycles. The van der Waals surface area contributed by atoms with Gasteiger partial charge in [0.2, 0.25) is 0 Å². The molecule has 0 amide bonds. The fourth-order valence-corrected chi connectivity index (χ4v) is 2.27. The van der Waals surface area contributed by atoms with E-state index in [1.54, 1.807) is 6.07 Å². The minimum atomic E-state index is 0.205. The smallest absolute Gasteiger partial charge is 0.101 e. The van der Waals surface area contributed by atoms with Crippen LogP contribution in [-0.4, -0.2) is 19.1 Å². The standard InChI is InChI=1S/C12H14ClN3/c13-10-3-4-12(9(6-10)7-14)16-5-1-2-11(15)8-16/h3-4,6,11H,1-2,5,8,15H2/t11-/m1/s1. The van der Waals surface area contributed by atoms with Crippen LogP contribution in [0.1, 0.15) is 18.4 Å². The second-order valence-electron chi connectivity index (χ2n) is 4.12. The summed E-state index contributed by atoms with van der Waals surface area (Å²) < 4.78 is 0. The zero-order chi connectivity index (χ0) is 11.5. The van der Waals surface area contributed by atoms with Crippen LogP contribution in [0.15, 0.2) is 18.2 Å².